The van der Waals surface area contributed by atoms with Gasteiger partial charge in [0.15, 0.2) is 0 Å². The summed E-state index contributed by atoms with van der Waals surface area (Å²) in [6, 6.07) is 2.72. The minimum Gasteiger partial charge on any atom is -0.382 e. The second-order valence-corrected chi connectivity index (χ2v) is 9.28. The zero-order valence-corrected chi connectivity index (χ0v) is 20.4. The number of piperidine rings is 2. The second-order valence-electron chi connectivity index (χ2n) is 9.28. The molecule has 208 valence electrons. The number of anilines is 1. The number of amides is 2. The molecule has 37 heavy (non-hydrogen) atoms. The van der Waals surface area contributed by atoms with E-state index in [0.717, 1.165) is 25.0 Å². The molecule has 2 aliphatic rings. The number of nitro groups is 1. The molecule has 9 nitrogen and oxygen atoms in total. The maximum atomic E-state index is 13.2. The van der Waals surface area contributed by atoms with Gasteiger partial charge in [0.25, 0.3) is 5.69 Å². The zero-order valence-electron chi connectivity index (χ0n) is 20.4. The van der Waals surface area contributed by atoms with Gasteiger partial charge in [-0.05, 0) is 44.2 Å². The first-order valence-corrected chi connectivity index (χ1v) is 12.4. The molecule has 2 amide bonds. The van der Waals surface area contributed by atoms with Gasteiger partial charge in [0.1, 0.15) is 12.2 Å². The van der Waals surface area contributed by atoms with Gasteiger partial charge in [0.2, 0.25) is 11.8 Å². The largest absolute Gasteiger partial charge is 0.423 e. The third-order valence-electron chi connectivity index (χ3n) is 6.70. The Bertz CT molecular complexity index is 927. The summed E-state index contributed by atoms with van der Waals surface area (Å²) in [6.07, 6.45) is 0.00233. The van der Waals surface area contributed by atoms with Crippen LogP contribution < -0.4 is 5.32 Å². The number of nitrogens with zero attached hydrogens (tertiary/aromatic N) is 3. The van der Waals surface area contributed by atoms with Crippen LogP contribution in [0.15, 0.2) is 18.2 Å². The first-order chi connectivity index (χ1) is 17.1. The van der Waals surface area contributed by atoms with Crippen LogP contribution in [-0.4, -0.2) is 71.5 Å². The smallest absolute Gasteiger partial charge is 0.382 e. The highest BCUT2D eigenvalue weighted by atomic mass is 19.4. The lowest BCUT2D eigenvalue weighted by atomic mass is 10.0. The first kappa shape index (κ1) is 30.3. The number of nitro benzene ring substituents is 1. The van der Waals surface area contributed by atoms with Gasteiger partial charge in [-0.1, -0.05) is 20.8 Å². The number of hydrogen-bond acceptors (Lipinski definition) is 6. The van der Waals surface area contributed by atoms with E-state index in [4.69, 9.17) is 4.74 Å². The van der Waals surface area contributed by atoms with Crippen LogP contribution in [0.2, 0.25) is 0 Å². The highest BCUT2D eigenvalue weighted by Crippen LogP contribution is 2.37. The minimum absolute atomic E-state index is 0. The number of carbonyl (C=O) groups is 2. The van der Waals surface area contributed by atoms with Gasteiger partial charge in [0.05, 0.1) is 11.0 Å². The second kappa shape index (κ2) is 13.6. The number of halogens is 3. The predicted molar refractivity (Wildman–Crippen MR) is 133 cm³/mol. The molecule has 0 radical (unpaired) electrons. The Hall–Kier alpha value is -2.89. The Kier molecular flexibility index (Phi) is 11.1. The highest BCUT2D eigenvalue weighted by Gasteiger charge is 2.38. The number of likely N-dealkylation sites (tertiary alicyclic amines) is 2. The molecule has 2 saturated heterocycles. The van der Waals surface area contributed by atoms with E-state index in [0.29, 0.717) is 58.3 Å². The Labute approximate surface area is 215 Å². The molecule has 0 bridgehead atoms. The Morgan fingerprint density at radius 1 is 1.08 bits per heavy atom. The molecule has 1 aromatic rings. The van der Waals surface area contributed by atoms with E-state index < -0.39 is 22.4 Å². The van der Waals surface area contributed by atoms with Crippen molar-refractivity contribution in [3.05, 3.63) is 33.9 Å². The molecule has 0 aliphatic carbocycles. The van der Waals surface area contributed by atoms with Gasteiger partial charge < -0.3 is 19.9 Å². The lowest BCUT2D eigenvalue weighted by molar-refractivity contribution is -0.388. The molecular formula is C25H37F3N4O5. The van der Waals surface area contributed by atoms with Crippen molar-refractivity contribution in [1.82, 2.24) is 9.80 Å². The number of hydrogen-bond donors (Lipinski definition) is 1. The Morgan fingerprint density at radius 3 is 2.24 bits per heavy atom. The lowest BCUT2D eigenvalue weighted by Crippen LogP contribution is -2.45. The van der Waals surface area contributed by atoms with Crippen LogP contribution in [0.25, 0.3) is 0 Å². The number of ether oxygens (including phenoxy) is 1. The summed E-state index contributed by atoms with van der Waals surface area (Å²) in [7, 11) is 0. The van der Waals surface area contributed by atoms with Crippen molar-refractivity contribution in [2.45, 2.75) is 77.6 Å². The lowest BCUT2D eigenvalue weighted by Gasteiger charge is -2.34. The van der Waals surface area contributed by atoms with E-state index in [1.165, 1.54) is 6.07 Å². The van der Waals surface area contributed by atoms with E-state index >= 15 is 0 Å². The molecule has 0 saturated carbocycles. The summed E-state index contributed by atoms with van der Waals surface area (Å²) in [6.45, 7) is 4.15. The van der Waals surface area contributed by atoms with Crippen molar-refractivity contribution < 1.29 is 32.4 Å². The van der Waals surface area contributed by atoms with E-state index in [9.17, 15) is 32.9 Å². The van der Waals surface area contributed by atoms with E-state index in [-0.39, 0.29) is 43.7 Å². The van der Waals surface area contributed by atoms with Crippen molar-refractivity contribution >= 4 is 23.2 Å². The van der Waals surface area contributed by atoms with Gasteiger partial charge >= 0.3 is 6.18 Å². The molecule has 0 unspecified atom stereocenters. The number of unbranched alkanes of at least 4 members (excludes halogenated alkanes) is 1. The summed E-state index contributed by atoms with van der Waals surface area (Å²) < 4.78 is 45.4. The van der Waals surface area contributed by atoms with Crippen molar-refractivity contribution in [3.63, 3.8) is 0 Å². The number of benzene rings is 1. The molecule has 0 spiro atoms. The molecule has 2 heterocycles. The molecule has 0 aromatic heterocycles. The molecule has 1 aromatic carbocycles. The van der Waals surface area contributed by atoms with Crippen LogP contribution in [0.1, 0.15) is 64.9 Å². The summed E-state index contributed by atoms with van der Waals surface area (Å²) >= 11 is 0. The van der Waals surface area contributed by atoms with E-state index in [1.54, 1.807) is 4.90 Å². The standard InChI is InChI=1S/C24H33F3N4O5.CH4/c1-2-3-4-22(32)29-13-9-19(10-14-29)36-16-23(33)30-11-7-17(8-12-30)28-18-5-6-21(31(34)35)20(15-18)24(25,26)27;/h5-6,15,17,19,28H,2-4,7-14,16H2,1H3;1H4. The summed E-state index contributed by atoms with van der Waals surface area (Å²) in [5.41, 5.74) is -2.12. The summed E-state index contributed by atoms with van der Waals surface area (Å²) in [5.74, 6) is 0.0378. The quantitative estimate of drug-likeness (QED) is 0.362. The number of carbonyl (C=O) groups excluding carboxylic acids is 2. The van der Waals surface area contributed by atoms with Crippen molar-refractivity contribution in [2.75, 3.05) is 38.1 Å². The number of nitrogens with one attached hydrogen (secondary N) is 1. The van der Waals surface area contributed by atoms with Crippen LogP contribution >= 0.6 is 0 Å². The summed E-state index contributed by atoms with van der Waals surface area (Å²) in [5, 5.41) is 13.9. The molecule has 2 fully saturated rings. The fraction of sp³-hybridized carbons (Fsp3) is 0.680. The average Bonchev–Trinajstić information content (AvgIpc) is 2.86. The van der Waals surface area contributed by atoms with Crippen LogP contribution in [0.4, 0.5) is 24.5 Å². The molecule has 0 atom stereocenters. The normalized spacial score (nSPS) is 17.3. The average molecular weight is 531 g/mol. The van der Waals surface area contributed by atoms with Gasteiger partial charge in [0, 0.05) is 50.4 Å². The molecular weight excluding hydrogens is 493 g/mol. The van der Waals surface area contributed by atoms with Crippen molar-refractivity contribution in [3.8, 4) is 0 Å². The summed E-state index contributed by atoms with van der Waals surface area (Å²) in [4.78, 5) is 38.1. The third kappa shape index (κ3) is 8.58. The predicted octanol–water partition coefficient (Wildman–Crippen LogP) is 4.85. The van der Waals surface area contributed by atoms with Crippen LogP contribution in [0.3, 0.4) is 0 Å². The maximum Gasteiger partial charge on any atom is 0.423 e. The van der Waals surface area contributed by atoms with Crippen LogP contribution in [0.5, 0.6) is 0 Å². The number of rotatable bonds is 9. The Morgan fingerprint density at radius 2 is 1.68 bits per heavy atom. The van der Waals surface area contributed by atoms with Gasteiger partial charge in [-0.2, -0.15) is 13.2 Å². The Balaban J connectivity index is 0.00000481. The monoisotopic (exact) mass is 530 g/mol. The highest BCUT2D eigenvalue weighted by molar-refractivity contribution is 5.77. The zero-order chi connectivity index (χ0) is 26.3. The molecule has 1 N–H and O–H groups in total. The molecule has 12 heteroatoms. The number of alkyl halides is 3. The van der Waals surface area contributed by atoms with Gasteiger partial charge in [-0.15, -0.1) is 0 Å². The van der Waals surface area contributed by atoms with E-state index in [2.05, 4.69) is 12.2 Å². The first-order valence-electron chi connectivity index (χ1n) is 12.4. The van der Waals surface area contributed by atoms with Crippen LogP contribution in [-0.2, 0) is 20.5 Å². The maximum absolute atomic E-state index is 13.2. The van der Waals surface area contributed by atoms with Gasteiger partial charge in [-0.25, -0.2) is 0 Å². The van der Waals surface area contributed by atoms with E-state index in [1.807, 2.05) is 4.90 Å². The van der Waals surface area contributed by atoms with Crippen molar-refractivity contribution in [2.24, 2.45) is 0 Å². The van der Waals surface area contributed by atoms with Crippen LogP contribution in [0, 0.1) is 10.1 Å². The molecule has 2 aliphatic heterocycles. The fourth-order valence-corrected chi connectivity index (χ4v) is 4.56. The minimum atomic E-state index is -4.84. The molecule has 3 rings (SSSR count). The van der Waals surface area contributed by atoms with Gasteiger partial charge in [-0.3, -0.25) is 19.7 Å². The van der Waals surface area contributed by atoms with Crippen molar-refractivity contribution in [1.29, 1.82) is 0 Å². The fourth-order valence-electron chi connectivity index (χ4n) is 4.56. The SMILES string of the molecule is C.CCCCC(=O)N1CCC(OCC(=O)N2CCC(Nc3ccc([N+](=O)[O-])c(C(F)(F)F)c3)CC2)CC1. The topological polar surface area (TPSA) is 105 Å². The third-order valence-corrected chi connectivity index (χ3v) is 6.70.